The number of nitrogens with two attached hydrogens (primary N) is 1. The van der Waals surface area contributed by atoms with E-state index in [2.05, 4.69) is 5.32 Å². The Labute approximate surface area is 120 Å². The largest absolute Gasteiger partial charge is 0.399 e. The Morgan fingerprint density at radius 1 is 1.19 bits per heavy atom. The predicted octanol–water partition coefficient (Wildman–Crippen LogP) is 3.14. The molecule has 0 atom stereocenters. The number of carbonyl (C=O) groups excluding carboxylic acids is 1. The molecule has 0 fully saturated rings. The van der Waals surface area contributed by atoms with Crippen LogP contribution in [0.3, 0.4) is 0 Å². The molecule has 1 aliphatic heterocycles. The smallest absolute Gasteiger partial charge is 0.326 e. The van der Waals surface area contributed by atoms with E-state index >= 15 is 0 Å². The van der Waals surface area contributed by atoms with E-state index < -0.39 is 17.7 Å². The Bertz CT molecular complexity index is 718. The van der Waals surface area contributed by atoms with Crippen molar-refractivity contribution in [1.29, 1.82) is 0 Å². The zero-order chi connectivity index (χ0) is 15.0. The van der Waals surface area contributed by atoms with E-state index in [1.165, 1.54) is 11.0 Å². The molecule has 0 saturated carbocycles. The number of urea groups is 1. The van der Waals surface area contributed by atoms with Crippen LogP contribution in [-0.4, -0.2) is 12.6 Å². The normalized spacial score (nSPS) is 13.1. The minimum Gasteiger partial charge on any atom is -0.399 e. The van der Waals surface area contributed by atoms with E-state index in [0.29, 0.717) is 12.2 Å². The van der Waals surface area contributed by atoms with Gasteiger partial charge in [-0.2, -0.15) is 0 Å². The van der Waals surface area contributed by atoms with Crippen LogP contribution in [0.4, 0.5) is 30.6 Å². The summed E-state index contributed by atoms with van der Waals surface area (Å²) in [6.07, 6.45) is 0.717. The summed E-state index contributed by atoms with van der Waals surface area (Å²) < 4.78 is 26.4. The van der Waals surface area contributed by atoms with Gasteiger partial charge in [0.2, 0.25) is 0 Å². The second-order valence-corrected chi connectivity index (χ2v) is 4.84. The van der Waals surface area contributed by atoms with Crippen molar-refractivity contribution in [2.75, 3.05) is 22.5 Å². The summed E-state index contributed by atoms with van der Waals surface area (Å²) >= 11 is 0. The number of carbonyl (C=O) groups is 1. The van der Waals surface area contributed by atoms with E-state index in [4.69, 9.17) is 5.73 Å². The standard InChI is InChI=1S/C15H13F2N3O/c16-10-2-4-13(12(17)7-10)19-15(21)20-6-5-9-1-3-11(18)8-14(9)20/h1-4,7-8H,5-6,18H2,(H,19,21). The van der Waals surface area contributed by atoms with Crippen LogP contribution in [0.25, 0.3) is 0 Å². The number of hydrogen-bond donors (Lipinski definition) is 2. The van der Waals surface area contributed by atoms with Gasteiger partial charge < -0.3 is 11.1 Å². The molecule has 1 heterocycles. The summed E-state index contributed by atoms with van der Waals surface area (Å²) in [5.74, 6) is -1.50. The lowest BCUT2D eigenvalue weighted by atomic mass is 10.1. The first-order valence-electron chi connectivity index (χ1n) is 6.46. The molecule has 0 radical (unpaired) electrons. The highest BCUT2D eigenvalue weighted by Gasteiger charge is 2.25. The van der Waals surface area contributed by atoms with Crippen molar-refractivity contribution >= 4 is 23.1 Å². The van der Waals surface area contributed by atoms with Crippen LogP contribution >= 0.6 is 0 Å². The number of nitrogens with one attached hydrogen (secondary N) is 1. The fourth-order valence-electron chi connectivity index (χ4n) is 2.38. The number of amides is 2. The Kier molecular flexibility index (Phi) is 3.21. The highest BCUT2D eigenvalue weighted by Crippen LogP contribution is 2.30. The number of nitrogens with zero attached hydrogens (tertiary/aromatic N) is 1. The van der Waals surface area contributed by atoms with Crippen molar-refractivity contribution in [3.05, 3.63) is 53.6 Å². The molecule has 1 aliphatic rings. The zero-order valence-electron chi connectivity index (χ0n) is 11.1. The van der Waals surface area contributed by atoms with Gasteiger partial charge in [-0.15, -0.1) is 0 Å². The SMILES string of the molecule is Nc1ccc2c(c1)N(C(=O)Nc1ccc(F)cc1F)CC2. The molecule has 0 spiro atoms. The molecule has 0 unspecified atom stereocenters. The molecular weight excluding hydrogens is 276 g/mol. The molecule has 6 heteroatoms. The molecule has 3 rings (SSSR count). The molecule has 0 aliphatic carbocycles. The molecular formula is C15H13F2N3O. The average Bonchev–Trinajstić information content (AvgIpc) is 2.85. The second-order valence-electron chi connectivity index (χ2n) is 4.84. The number of rotatable bonds is 1. The highest BCUT2D eigenvalue weighted by molar-refractivity contribution is 6.03. The fourth-order valence-corrected chi connectivity index (χ4v) is 2.38. The predicted molar refractivity (Wildman–Crippen MR) is 77.3 cm³/mol. The maximum absolute atomic E-state index is 13.6. The molecule has 21 heavy (non-hydrogen) atoms. The van der Waals surface area contributed by atoms with Crippen LogP contribution in [0.5, 0.6) is 0 Å². The monoisotopic (exact) mass is 289 g/mol. The van der Waals surface area contributed by atoms with E-state index in [1.54, 1.807) is 12.1 Å². The number of benzene rings is 2. The van der Waals surface area contributed by atoms with Crippen molar-refractivity contribution in [2.45, 2.75) is 6.42 Å². The average molecular weight is 289 g/mol. The summed E-state index contributed by atoms with van der Waals surface area (Å²) in [6.45, 7) is 0.493. The quantitative estimate of drug-likeness (QED) is 0.792. The maximum Gasteiger partial charge on any atom is 0.326 e. The van der Waals surface area contributed by atoms with Gasteiger partial charge in [0.05, 0.1) is 11.4 Å². The first-order chi connectivity index (χ1) is 10.0. The van der Waals surface area contributed by atoms with Gasteiger partial charge in [-0.1, -0.05) is 6.07 Å². The van der Waals surface area contributed by atoms with Crippen LogP contribution < -0.4 is 16.0 Å². The third-order valence-electron chi connectivity index (χ3n) is 3.42. The summed E-state index contributed by atoms with van der Waals surface area (Å²) in [5, 5.41) is 2.44. The van der Waals surface area contributed by atoms with E-state index in [0.717, 1.165) is 29.8 Å². The van der Waals surface area contributed by atoms with E-state index in [9.17, 15) is 13.6 Å². The van der Waals surface area contributed by atoms with Crippen LogP contribution in [0.1, 0.15) is 5.56 Å². The third kappa shape index (κ3) is 2.52. The maximum atomic E-state index is 13.6. The Morgan fingerprint density at radius 3 is 2.76 bits per heavy atom. The van der Waals surface area contributed by atoms with Crippen molar-refractivity contribution in [3.8, 4) is 0 Å². The van der Waals surface area contributed by atoms with E-state index in [1.807, 2.05) is 6.07 Å². The van der Waals surface area contributed by atoms with Gasteiger partial charge in [0.1, 0.15) is 11.6 Å². The van der Waals surface area contributed by atoms with Gasteiger partial charge in [0, 0.05) is 18.3 Å². The molecule has 0 bridgehead atoms. The topological polar surface area (TPSA) is 58.4 Å². The lowest BCUT2D eigenvalue weighted by Crippen LogP contribution is -2.33. The Morgan fingerprint density at radius 2 is 2.00 bits per heavy atom. The van der Waals surface area contributed by atoms with Crippen LogP contribution in [0.15, 0.2) is 36.4 Å². The minimum absolute atomic E-state index is 0.0567. The minimum atomic E-state index is -0.810. The lowest BCUT2D eigenvalue weighted by molar-refractivity contribution is 0.257. The first-order valence-corrected chi connectivity index (χ1v) is 6.46. The number of anilines is 3. The van der Waals surface area contributed by atoms with Crippen LogP contribution in [-0.2, 0) is 6.42 Å². The summed E-state index contributed by atoms with van der Waals surface area (Å²) in [5.41, 5.74) is 7.96. The number of fused-ring (bicyclic) bond motifs is 1. The first kappa shape index (κ1) is 13.4. The molecule has 3 N–H and O–H groups in total. The van der Waals surface area contributed by atoms with Crippen molar-refractivity contribution in [2.24, 2.45) is 0 Å². The van der Waals surface area contributed by atoms with Crippen LogP contribution in [0, 0.1) is 11.6 Å². The number of hydrogen-bond acceptors (Lipinski definition) is 2. The van der Waals surface area contributed by atoms with Crippen molar-refractivity contribution < 1.29 is 13.6 Å². The molecule has 0 aromatic heterocycles. The number of halogens is 2. The van der Waals surface area contributed by atoms with E-state index in [-0.39, 0.29) is 5.69 Å². The van der Waals surface area contributed by atoms with Gasteiger partial charge in [0.15, 0.2) is 0 Å². The van der Waals surface area contributed by atoms with Gasteiger partial charge in [-0.3, -0.25) is 4.90 Å². The molecule has 2 aromatic carbocycles. The van der Waals surface area contributed by atoms with Crippen LogP contribution in [0.2, 0.25) is 0 Å². The second kappa shape index (κ2) is 5.05. The third-order valence-corrected chi connectivity index (χ3v) is 3.42. The fraction of sp³-hybridized carbons (Fsp3) is 0.133. The highest BCUT2D eigenvalue weighted by atomic mass is 19.1. The molecule has 2 aromatic rings. The summed E-state index contributed by atoms with van der Waals surface area (Å²) in [7, 11) is 0. The molecule has 108 valence electrons. The van der Waals surface area contributed by atoms with Gasteiger partial charge >= 0.3 is 6.03 Å². The van der Waals surface area contributed by atoms with Crippen molar-refractivity contribution in [3.63, 3.8) is 0 Å². The van der Waals surface area contributed by atoms with Crippen molar-refractivity contribution in [1.82, 2.24) is 0 Å². The van der Waals surface area contributed by atoms with Gasteiger partial charge in [-0.05, 0) is 36.2 Å². The van der Waals surface area contributed by atoms with Gasteiger partial charge in [-0.25, -0.2) is 13.6 Å². The van der Waals surface area contributed by atoms with Gasteiger partial charge in [0.25, 0.3) is 0 Å². The number of nitrogen functional groups attached to an aromatic ring is 1. The molecule has 4 nitrogen and oxygen atoms in total. The molecule has 0 saturated heterocycles. The Balaban J connectivity index is 1.83. The summed E-state index contributed by atoms with van der Waals surface area (Å²) in [6, 6.07) is 7.91. The lowest BCUT2D eigenvalue weighted by Gasteiger charge is -2.18. The Hall–Kier alpha value is -2.63. The molecule has 2 amide bonds. The zero-order valence-corrected chi connectivity index (χ0v) is 11.1. The summed E-state index contributed by atoms with van der Waals surface area (Å²) in [4.78, 5) is 13.7.